The molecule has 0 bridgehead atoms. The van der Waals surface area contributed by atoms with Gasteiger partial charge in [-0.2, -0.15) is 0 Å². The highest BCUT2D eigenvalue weighted by atomic mass is 16.6. The Kier molecular flexibility index (Phi) is 7.27. The van der Waals surface area contributed by atoms with Crippen LogP contribution in [0.5, 0.6) is 0 Å². The fourth-order valence-electron chi connectivity index (χ4n) is 2.08. The molecule has 0 saturated heterocycles. The summed E-state index contributed by atoms with van der Waals surface area (Å²) in [5.74, 6) is 0. The summed E-state index contributed by atoms with van der Waals surface area (Å²) < 4.78 is 5.21. The molecule has 124 valence electrons. The number of ether oxygens (including phenoxy) is 1. The maximum absolute atomic E-state index is 11.6. The Balaban J connectivity index is 2.37. The molecule has 22 heavy (non-hydrogen) atoms. The van der Waals surface area contributed by atoms with Crippen molar-refractivity contribution < 1.29 is 9.53 Å². The van der Waals surface area contributed by atoms with Crippen molar-refractivity contribution in [3.8, 4) is 0 Å². The number of rotatable bonds is 7. The first-order valence-electron chi connectivity index (χ1n) is 7.58. The van der Waals surface area contributed by atoms with Crippen LogP contribution in [0.1, 0.15) is 32.8 Å². The van der Waals surface area contributed by atoms with Gasteiger partial charge in [-0.25, -0.2) is 4.79 Å². The highest BCUT2D eigenvalue weighted by Gasteiger charge is 2.17. The molecule has 6 heteroatoms. The molecular formula is C16H28N4O2. The van der Waals surface area contributed by atoms with Gasteiger partial charge in [-0.3, -0.25) is 9.88 Å². The van der Waals surface area contributed by atoms with Gasteiger partial charge >= 0.3 is 6.09 Å². The van der Waals surface area contributed by atoms with E-state index in [0.717, 1.165) is 13.0 Å². The van der Waals surface area contributed by atoms with Crippen LogP contribution in [-0.2, 0) is 11.3 Å². The summed E-state index contributed by atoms with van der Waals surface area (Å²) in [5, 5.41) is 2.77. The van der Waals surface area contributed by atoms with Crippen LogP contribution in [0.2, 0.25) is 0 Å². The van der Waals surface area contributed by atoms with Crippen molar-refractivity contribution in [2.45, 2.75) is 45.4 Å². The molecule has 1 rings (SSSR count). The monoisotopic (exact) mass is 308 g/mol. The van der Waals surface area contributed by atoms with Gasteiger partial charge in [-0.15, -0.1) is 0 Å². The maximum atomic E-state index is 11.6. The van der Waals surface area contributed by atoms with Gasteiger partial charge in [0.2, 0.25) is 0 Å². The van der Waals surface area contributed by atoms with Crippen molar-refractivity contribution in [1.82, 2.24) is 15.2 Å². The first kappa shape index (κ1) is 18.4. The number of likely N-dealkylation sites (N-methyl/N-ethyl adjacent to an activating group) is 1. The molecule has 1 unspecified atom stereocenters. The second-order valence-electron chi connectivity index (χ2n) is 6.38. The van der Waals surface area contributed by atoms with Crippen LogP contribution in [-0.4, -0.2) is 47.8 Å². The van der Waals surface area contributed by atoms with Crippen molar-refractivity contribution in [1.29, 1.82) is 0 Å². The number of aromatic nitrogens is 1. The Hall–Kier alpha value is -1.66. The molecule has 0 saturated carbocycles. The Morgan fingerprint density at radius 3 is 2.59 bits per heavy atom. The first-order valence-corrected chi connectivity index (χ1v) is 7.58. The van der Waals surface area contributed by atoms with E-state index < -0.39 is 5.60 Å². The lowest BCUT2D eigenvalue weighted by atomic mass is 10.1. The number of nitrogens with zero attached hydrogens (tertiary/aromatic N) is 2. The third kappa shape index (κ3) is 7.38. The molecule has 1 amide bonds. The average molecular weight is 308 g/mol. The third-order valence-corrected chi connectivity index (χ3v) is 3.22. The first-order chi connectivity index (χ1) is 10.3. The van der Waals surface area contributed by atoms with Gasteiger partial charge in [-0.1, -0.05) is 0 Å². The second-order valence-corrected chi connectivity index (χ2v) is 6.38. The largest absolute Gasteiger partial charge is 0.444 e. The van der Waals surface area contributed by atoms with Crippen LogP contribution >= 0.6 is 0 Å². The molecule has 0 spiro atoms. The van der Waals surface area contributed by atoms with E-state index in [0.29, 0.717) is 13.1 Å². The van der Waals surface area contributed by atoms with Crippen LogP contribution in [0.25, 0.3) is 0 Å². The van der Waals surface area contributed by atoms with E-state index in [9.17, 15) is 4.79 Å². The van der Waals surface area contributed by atoms with Crippen molar-refractivity contribution in [3.63, 3.8) is 0 Å². The van der Waals surface area contributed by atoms with Gasteiger partial charge in [0.1, 0.15) is 5.60 Å². The molecule has 0 radical (unpaired) electrons. The van der Waals surface area contributed by atoms with Crippen molar-refractivity contribution in [2.75, 3.05) is 20.1 Å². The Morgan fingerprint density at radius 2 is 2.05 bits per heavy atom. The Labute approximate surface area is 133 Å². The van der Waals surface area contributed by atoms with E-state index in [2.05, 4.69) is 15.2 Å². The number of hydrogen-bond acceptors (Lipinski definition) is 5. The van der Waals surface area contributed by atoms with Gasteiger partial charge < -0.3 is 15.8 Å². The number of carbonyl (C=O) groups excluding carboxylic acids is 1. The highest BCUT2D eigenvalue weighted by molar-refractivity contribution is 5.67. The summed E-state index contributed by atoms with van der Waals surface area (Å²) in [7, 11) is 2.03. The zero-order valence-corrected chi connectivity index (χ0v) is 14.0. The van der Waals surface area contributed by atoms with Crippen LogP contribution in [0.3, 0.4) is 0 Å². The smallest absolute Gasteiger partial charge is 0.407 e. The van der Waals surface area contributed by atoms with E-state index in [4.69, 9.17) is 10.5 Å². The van der Waals surface area contributed by atoms with Crippen molar-refractivity contribution in [2.24, 2.45) is 5.73 Å². The Bertz CT molecular complexity index is 445. The molecule has 0 fully saturated rings. The summed E-state index contributed by atoms with van der Waals surface area (Å²) in [6, 6.07) is 4.18. The fourth-order valence-corrected chi connectivity index (χ4v) is 2.08. The van der Waals surface area contributed by atoms with Crippen molar-refractivity contribution in [3.05, 3.63) is 30.1 Å². The number of pyridine rings is 1. The molecule has 3 N–H and O–H groups in total. The molecule has 0 aliphatic rings. The molecule has 1 atom stereocenters. The molecule has 1 aromatic rings. The molecule has 1 heterocycles. The molecule has 0 aliphatic heterocycles. The van der Waals surface area contributed by atoms with Crippen LogP contribution < -0.4 is 11.1 Å². The van der Waals surface area contributed by atoms with Gasteiger partial charge in [-0.05, 0) is 51.9 Å². The predicted molar refractivity (Wildman–Crippen MR) is 87.4 cm³/mol. The fraction of sp³-hybridized carbons (Fsp3) is 0.625. The molecule has 0 aliphatic carbocycles. The van der Waals surface area contributed by atoms with E-state index in [-0.39, 0.29) is 12.1 Å². The lowest BCUT2D eigenvalue weighted by Crippen LogP contribution is -2.41. The van der Waals surface area contributed by atoms with Gasteiger partial charge in [0.15, 0.2) is 0 Å². The lowest BCUT2D eigenvalue weighted by Gasteiger charge is -2.27. The molecule has 1 aromatic heterocycles. The zero-order chi connectivity index (χ0) is 16.6. The van der Waals surface area contributed by atoms with E-state index in [1.807, 2.05) is 40.0 Å². The second kappa shape index (κ2) is 8.70. The van der Waals surface area contributed by atoms with Gasteiger partial charge in [0, 0.05) is 38.1 Å². The minimum atomic E-state index is -0.477. The van der Waals surface area contributed by atoms with Gasteiger partial charge in [0.25, 0.3) is 0 Å². The minimum absolute atomic E-state index is 0.197. The summed E-state index contributed by atoms with van der Waals surface area (Å²) in [5.41, 5.74) is 6.56. The highest BCUT2D eigenvalue weighted by Crippen LogP contribution is 2.08. The number of carbonyl (C=O) groups is 1. The number of hydrogen-bond donors (Lipinski definition) is 2. The minimum Gasteiger partial charge on any atom is -0.444 e. The van der Waals surface area contributed by atoms with E-state index in [1.54, 1.807) is 12.4 Å². The lowest BCUT2D eigenvalue weighted by molar-refractivity contribution is 0.0522. The summed E-state index contributed by atoms with van der Waals surface area (Å²) in [4.78, 5) is 17.8. The average Bonchev–Trinajstić information content (AvgIpc) is 2.42. The summed E-state index contributed by atoms with van der Waals surface area (Å²) in [6.07, 6.45) is 3.95. The van der Waals surface area contributed by atoms with Crippen molar-refractivity contribution >= 4 is 6.09 Å². The SMILES string of the molecule is CN(Cc1ccncc1)C(CN)CCNC(=O)OC(C)(C)C. The summed E-state index contributed by atoms with van der Waals surface area (Å²) in [6.45, 7) is 7.42. The number of nitrogens with two attached hydrogens (primary N) is 1. The maximum Gasteiger partial charge on any atom is 0.407 e. The molecular weight excluding hydrogens is 280 g/mol. The van der Waals surface area contributed by atoms with E-state index >= 15 is 0 Å². The summed E-state index contributed by atoms with van der Waals surface area (Å²) >= 11 is 0. The normalized spacial score (nSPS) is 13.0. The van der Waals surface area contributed by atoms with E-state index in [1.165, 1.54) is 5.56 Å². The quantitative estimate of drug-likeness (QED) is 0.802. The van der Waals surface area contributed by atoms with Gasteiger partial charge in [0.05, 0.1) is 0 Å². The third-order valence-electron chi connectivity index (χ3n) is 3.22. The molecule has 6 nitrogen and oxygen atoms in total. The number of nitrogens with one attached hydrogen (secondary N) is 1. The Morgan fingerprint density at radius 1 is 1.41 bits per heavy atom. The predicted octanol–water partition coefficient (Wildman–Crippen LogP) is 1.76. The zero-order valence-electron chi connectivity index (χ0n) is 14.0. The van der Waals surface area contributed by atoms with Crippen LogP contribution in [0, 0.1) is 0 Å². The number of amides is 1. The standard InChI is InChI=1S/C16H28N4O2/c1-16(2,3)22-15(21)19-10-7-14(11-17)20(4)12-13-5-8-18-9-6-13/h5-6,8-9,14H,7,10-12,17H2,1-4H3,(H,19,21). The van der Waals surface area contributed by atoms with Crippen LogP contribution in [0.15, 0.2) is 24.5 Å². The topological polar surface area (TPSA) is 80.5 Å². The molecule has 0 aromatic carbocycles. The van der Waals surface area contributed by atoms with Crippen LogP contribution in [0.4, 0.5) is 4.79 Å². The number of alkyl carbamates (subject to hydrolysis) is 1.